The minimum Gasteiger partial charge on any atom is -0.449 e. The number of halogens is 3. The predicted octanol–water partition coefficient (Wildman–Crippen LogP) is 3.38. The summed E-state index contributed by atoms with van der Waals surface area (Å²) in [5, 5.41) is 2.42. The topological polar surface area (TPSA) is 81.4 Å². The van der Waals surface area contributed by atoms with Gasteiger partial charge in [-0.15, -0.1) is 0 Å². The third-order valence-electron chi connectivity index (χ3n) is 3.08. The van der Waals surface area contributed by atoms with E-state index >= 15 is 0 Å². The van der Waals surface area contributed by atoms with Gasteiger partial charge in [0.15, 0.2) is 6.10 Å². The fourth-order valence-corrected chi connectivity index (χ4v) is 2.04. The van der Waals surface area contributed by atoms with Crippen LogP contribution in [-0.4, -0.2) is 18.0 Å². The monoisotopic (exact) mass is 354 g/mol. The molecule has 2 rings (SSSR count). The van der Waals surface area contributed by atoms with E-state index in [1.807, 2.05) is 0 Å². The molecule has 0 unspecified atom stereocenters. The van der Waals surface area contributed by atoms with E-state index in [0.29, 0.717) is 0 Å². The van der Waals surface area contributed by atoms with Crippen LogP contribution >= 0.6 is 11.6 Å². The molecule has 5 nitrogen and oxygen atoms in total. The Bertz CT molecular complexity index is 799. The maximum absolute atomic E-state index is 13.0. The number of carbonyl (C=O) groups excluding carboxylic acids is 2. The number of benzene rings is 2. The Hall–Kier alpha value is -2.67. The van der Waals surface area contributed by atoms with Crippen LogP contribution in [-0.2, 0) is 9.53 Å². The Labute approximate surface area is 141 Å². The highest BCUT2D eigenvalue weighted by Gasteiger charge is 2.21. The molecule has 3 N–H and O–H groups in total. The van der Waals surface area contributed by atoms with Crippen molar-refractivity contribution in [1.82, 2.24) is 0 Å². The maximum Gasteiger partial charge on any atom is 0.341 e. The van der Waals surface area contributed by atoms with E-state index in [1.165, 1.54) is 13.0 Å². The molecule has 126 valence electrons. The second kappa shape index (κ2) is 7.27. The summed E-state index contributed by atoms with van der Waals surface area (Å²) in [5.41, 5.74) is 5.55. The molecule has 0 aromatic heterocycles. The molecule has 0 spiro atoms. The van der Waals surface area contributed by atoms with Gasteiger partial charge >= 0.3 is 5.97 Å². The van der Waals surface area contributed by atoms with Crippen LogP contribution in [0.5, 0.6) is 0 Å². The lowest BCUT2D eigenvalue weighted by Gasteiger charge is -2.15. The number of hydrogen-bond acceptors (Lipinski definition) is 4. The molecule has 0 fully saturated rings. The molecule has 0 radical (unpaired) electrons. The highest BCUT2D eigenvalue weighted by Crippen LogP contribution is 2.23. The summed E-state index contributed by atoms with van der Waals surface area (Å²) in [6.45, 7) is 1.34. The van der Waals surface area contributed by atoms with Crippen LogP contribution in [0.1, 0.15) is 17.3 Å². The van der Waals surface area contributed by atoms with Gasteiger partial charge in [0.25, 0.3) is 5.91 Å². The first-order chi connectivity index (χ1) is 11.3. The third-order valence-corrected chi connectivity index (χ3v) is 3.39. The summed E-state index contributed by atoms with van der Waals surface area (Å²) >= 11 is 5.80. The molecule has 2 aromatic carbocycles. The number of anilines is 2. The van der Waals surface area contributed by atoms with Crippen LogP contribution < -0.4 is 11.1 Å². The second-order valence-electron chi connectivity index (χ2n) is 4.89. The number of rotatable bonds is 4. The molecule has 0 aliphatic rings. The van der Waals surface area contributed by atoms with Crippen LogP contribution in [0.25, 0.3) is 0 Å². The fourth-order valence-electron chi connectivity index (χ4n) is 1.82. The number of amides is 1. The van der Waals surface area contributed by atoms with Gasteiger partial charge in [0.1, 0.15) is 11.6 Å². The molecule has 1 atom stereocenters. The van der Waals surface area contributed by atoms with E-state index in [0.717, 1.165) is 30.3 Å². The van der Waals surface area contributed by atoms with Crippen molar-refractivity contribution >= 4 is 34.9 Å². The van der Waals surface area contributed by atoms with Crippen LogP contribution in [0.3, 0.4) is 0 Å². The number of nitrogens with one attached hydrogen (secondary N) is 1. The molecular formula is C16H13ClF2N2O3. The van der Waals surface area contributed by atoms with Crippen LogP contribution in [0.4, 0.5) is 20.2 Å². The first kappa shape index (κ1) is 17.7. The molecule has 0 aliphatic heterocycles. The first-order valence-corrected chi connectivity index (χ1v) is 7.17. The van der Waals surface area contributed by atoms with Gasteiger partial charge in [-0.1, -0.05) is 11.6 Å². The molecule has 0 aliphatic carbocycles. The number of nitrogens with two attached hydrogens (primary N) is 1. The summed E-state index contributed by atoms with van der Waals surface area (Å²) in [4.78, 5) is 24.0. The molecular weight excluding hydrogens is 342 g/mol. The zero-order valence-corrected chi connectivity index (χ0v) is 13.2. The smallest absolute Gasteiger partial charge is 0.341 e. The van der Waals surface area contributed by atoms with Gasteiger partial charge < -0.3 is 15.8 Å². The van der Waals surface area contributed by atoms with Gasteiger partial charge in [0.05, 0.1) is 16.3 Å². The van der Waals surface area contributed by atoms with Gasteiger partial charge in [-0.2, -0.15) is 0 Å². The van der Waals surface area contributed by atoms with E-state index in [1.54, 1.807) is 0 Å². The maximum atomic E-state index is 13.0. The van der Waals surface area contributed by atoms with Crippen molar-refractivity contribution in [2.24, 2.45) is 0 Å². The summed E-state index contributed by atoms with van der Waals surface area (Å²) in [5.74, 6) is -2.69. The van der Waals surface area contributed by atoms with Crippen LogP contribution in [0.15, 0.2) is 36.4 Å². The highest BCUT2D eigenvalue weighted by molar-refractivity contribution is 6.33. The van der Waals surface area contributed by atoms with Gasteiger partial charge in [0, 0.05) is 5.69 Å². The lowest BCUT2D eigenvalue weighted by atomic mass is 10.2. The molecule has 0 saturated heterocycles. The second-order valence-corrected chi connectivity index (χ2v) is 5.30. The van der Waals surface area contributed by atoms with Crippen molar-refractivity contribution in [2.45, 2.75) is 13.0 Å². The number of nitrogen functional groups attached to an aromatic ring is 1. The average molecular weight is 355 g/mol. The first-order valence-electron chi connectivity index (χ1n) is 6.80. The average Bonchev–Trinajstić information content (AvgIpc) is 2.49. The number of carbonyl (C=O) groups is 2. The summed E-state index contributed by atoms with van der Waals surface area (Å²) in [6, 6.07) is 6.62. The van der Waals surface area contributed by atoms with E-state index in [9.17, 15) is 18.4 Å². The molecule has 2 aromatic rings. The SMILES string of the molecule is C[C@H](OC(=O)c1ccc(F)cc1N)C(=O)Nc1ccc(F)cc1Cl. The van der Waals surface area contributed by atoms with Crippen LogP contribution in [0.2, 0.25) is 5.02 Å². The van der Waals surface area contributed by atoms with E-state index in [-0.39, 0.29) is 22.0 Å². The molecule has 0 heterocycles. The highest BCUT2D eigenvalue weighted by atomic mass is 35.5. The van der Waals surface area contributed by atoms with E-state index in [4.69, 9.17) is 22.1 Å². The third kappa shape index (κ3) is 4.20. The number of esters is 1. The standard InChI is InChI=1S/C16H13ClF2N2O3/c1-8(15(22)21-14-5-3-9(18)6-12(14)17)24-16(23)11-4-2-10(19)7-13(11)20/h2-8H,20H2,1H3,(H,21,22)/t8-/m0/s1. The van der Waals surface area contributed by atoms with Gasteiger partial charge in [-0.25, -0.2) is 13.6 Å². The quantitative estimate of drug-likeness (QED) is 0.651. The van der Waals surface area contributed by atoms with Crippen molar-refractivity contribution < 1.29 is 23.1 Å². The van der Waals surface area contributed by atoms with E-state index in [2.05, 4.69) is 5.32 Å². The number of hydrogen-bond donors (Lipinski definition) is 2. The van der Waals surface area contributed by atoms with Gasteiger partial charge in [-0.3, -0.25) is 4.79 Å². The molecule has 8 heteroatoms. The van der Waals surface area contributed by atoms with Crippen molar-refractivity contribution in [3.63, 3.8) is 0 Å². The van der Waals surface area contributed by atoms with Gasteiger partial charge in [0.2, 0.25) is 0 Å². The normalized spacial score (nSPS) is 11.7. The Kier molecular flexibility index (Phi) is 5.35. The molecule has 0 bridgehead atoms. The van der Waals surface area contributed by atoms with Crippen molar-refractivity contribution in [3.05, 3.63) is 58.6 Å². The molecule has 24 heavy (non-hydrogen) atoms. The van der Waals surface area contributed by atoms with Crippen molar-refractivity contribution in [2.75, 3.05) is 11.1 Å². The Morgan fingerprint density at radius 2 is 1.79 bits per heavy atom. The summed E-state index contributed by atoms with van der Waals surface area (Å²) in [6.07, 6.45) is -1.18. The lowest BCUT2D eigenvalue weighted by Crippen LogP contribution is -2.30. The van der Waals surface area contributed by atoms with Gasteiger partial charge in [-0.05, 0) is 43.3 Å². The number of ether oxygens (including phenoxy) is 1. The van der Waals surface area contributed by atoms with Crippen LogP contribution in [0, 0.1) is 11.6 Å². The van der Waals surface area contributed by atoms with Crippen molar-refractivity contribution in [1.29, 1.82) is 0 Å². The molecule has 0 saturated carbocycles. The minimum absolute atomic E-state index is 0.00431. The zero-order valence-electron chi connectivity index (χ0n) is 12.5. The van der Waals surface area contributed by atoms with Crippen molar-refractivity contribution in [3.8, 4) is 0 Å². The Morgan fingerprint density at radius 1 is 1.17 bits per heavy atom. The minimum atomic E-state index is -1.18. The summed E-state index contributed by atoms with van der Waals surface area (Å²) < 4.78 is 30.9. The Balaban J connectivity index is 2.04. The molecule has 1 amide bonds. The largest absolute Gasteiger partial charge is 0.449 e. The summed E-state index contributed by atoms with van der Waals surface area (Å²) in [7, 11) is 0. The fraction of sp³-hybridized carbons (Fsp3) is 0.125. The lowest BCUT2D eigenvalue weighted by molar-refractivity contribution is -0.123. The Morgan fingerprint density at radius 3 is 2.42 bits per heavy atom. The predicted molar refractivity (Wildman–Crippen MR) is 85.7 cm³/mol. The zero-order chi connectivity index (χ0) is 17.9. The van der Waals surface area contributed by atoms with E-state index < -0.39 is 29.6 Å².